The zero-order valence-corrected chi connectivity index (χ0v) is 12.2. The van der Waals surface area contributed by atoms with Crippen LogP contribution in [-0.4, -0.2) is 0 Å². The van der Waals surface area contributed by atoms with Gasteiger partial charge in [-0.25, -0.2) is 4.39 Å². The topological polar surface area (TPSA) is 26.0 Å². The standard InChI is InChI=1S/C15H14Cl2FN/c1-8-6-13(17)9(2)5-12(8)15(19)11-4-3-10(16)7-14(11)18/h3-7,15H,19H2,1-2H3. The van der Waals surface area contributed by atoms with Crippen molar-refractivity contribution in [1.82, 2.24) is 0 Å². The van der Waals surface area contributed by atoms with Gasteiger partial charge in [-0.2, -0.15) is 0 Å². The average molecular weight is 298 g/mol. The van der Waals surface area contributed by atoms with E-state index in [0.717, 1.165) is 16.7 Å². The first-order valence-electron chi connectivity index (χ1n) is 5.87. The van der Waals surface area contributed by atoms with Gasteiger partial charge in [0, 0.05) is 15.6 Å². The molecule has 2 aromatic rings. The summed E-state index contributed by atoms with van der Waals surface area (Å²) >= 11 is 11.8. The Balaban J connectivity index is 2.49. The fraction of sp³-hybridized carbons (Fsp3) is 0.200. The molecule has 0 bridgehead atoms. The van der Waals surface area contributed by atoms with Gasteiger partial charge in [-0.3, -0.25) is 0 Å². The van der Waals surface area contributed by atoms with Crippen molar-refractivity contribution in [2.45, 2.75) is 19.9 Å². The Morgan fingerprint density at radius 2 is 1.68 bits per heavy atom. The van der Waals surface area contributed by atoms with E-state index < -0.39 is 11.9 Å². The molecule has 0 saturated carbocycles. The van der Waals surface area contributed by atoms with E-state index in [4.69, 9.17) is 28.9 Å². The second-order valence-corrected chi connectivity index (χ2v) is 5.45. The quantitative estimate of drug-likeness (QED) is 0.847. The maximum atomic E-state index is 13.9. The smallest absolute Gasteiger partial charge is 0.129 e. The lowest BCUT2D eigenvalue weighted by Gasteiger charge is -2.17. The van der Waals surface area contributed by atoms with Gasteiger partial charge in [0.25, 0.3) is 0 Å². The molecule has 1 nitrogen and oxygen atoms in total. The lowest BCUT2D eigenvalue weighted by atomic mass is 9.94. The van der Waals surface area contributed by atoms with Crippen LogP contribution in [0.25, 0.3) is 0 Å². The predicted molar refractivity (Wildman–Crippen MR) is 78.4 cm³/mol. The molecule has 0 fully saturated rings. The number of hydrogen-bond donors (Lipinski definition) is 1. The number of aryl methyl sites for hydroxylation is 2. The van der Waals surface area contributed by atoms with Gasteiger partial charge >= 0.3 is 0 Å². The molecule has 2 aromatic carbocycles. The molecular formula is C15H14Cl2FN. The third-order valence-corrected chi connectivity index (χ3v) is 3.82. The minimum absolute atomic E-state index is 0.359. The van der Waals surface area contributed by atoms with Gasteiger partial charge in [0.1, 0.15) is 5.82 Å². The van der Waals surface area contributed by atoms with Crippen molar-refractivity contribution in [3.63, 3.8) is 0 Å². The molecule has 0 saturated heterocycles. The highest BCUT2D eigenvalue weighted by atomic mass is 35.5. The van der Waals surface area contributed by atoms with E-state index in [1.807, 2.05) is 26.0 Å². The van der Waals surface area contributed by atoms with Crippen molar-refractivity contribution >= 4 is 23.2 Å². The zero-order valence-electron chi connectivity index (χ0n) is 10.7. The molecular weight excluding hydrogens is 284 g/mol. The fourth-order valence-corrected chi connectivity index (χ4v) is 2.44. The molecule has 0 aromatic heterocycles. The molecule has 19 heavy (non-hydrogen) atoms. The summed E-state index contributed by atoms with van der Waals surface area (Å²) < 4.78 is 13.9. The Morgan fingerprint density at radius 3 is 2.32 bits per heavy atom. The summed E-state index contributed by atoms with van der Waals surface area (Å²) in [6.07, 6.45) is 0. The van der Waals surface area contributed by atoms with Crippen molar-refractivity contribution in [2.75, 3.05) is 0 Å². The number of benzene rings is 2. The van der Waals surface area contributed by atoms with Crippen LogP contribution in [0.3, 0.4) is 0 Å². The monoisotopic (exact) mass is 297 g/mol. The minimum atomic E-state index is -0.534. The highest BCUT2D eigenvalue weighted by molar-refractivity contribution is 6.31. The Morgan fingerprint density at radius 1 is 1.00 bits per heavy atom. The second kappa shape index (κ2) is 5.49. The largest absolute Gasteiger partial charge is 0.320 e. The molecule has 1 atom stereocenters. The van der Waals surface area contributed by atoms with Crippen LogP contribution in [0.5, 0.6) is 0 Å². The SMILES string of the molecule is Cc1cc(C(N)c2ccc(Cl)cc2F)c(C)cc1Cl. The van der Waals surface area contributed by atoms with E-state index in [1.165, 1.54) is 6.07 Å². The molecule has 0 spiro atoms. The van der Waals surface area contributed by atoms with E-state index in [2.05, 4.69) is 0 Å². The Kier molecular flexibility index (Phi) is 4.14. The summed E-state index contributed by atoms with van der Waals surface area (Å²) in [4.78, 5) is 0. The lowest BCUT2D eigenvalue weighted by molar-refractivity contribution is 0.599. The van der Waals surface area contributed by atoms with Crippen LogP contribution >= 0.6 is 23.2 Å². The van der Waals surface area contributed by atoms with Gasteiger partial charge in [-0.15, -0.1) is 0 Å². The lowest BCUT2D eigenvalue weighted by Crippen LogP contribution is -2.15. The van der Waals surface area contributed by atoms with E-state index in [9.17, 15) is 4.39 Å². The highest BCUT2D eigenvalue weighted by Gasteiger charge is 2.16. The van der Waals surface area contributed by atoms with E-state index in [0.29, 0.717) is 15.6 Å². The average Bonchev–Trinajstić information content (AvgIpc) is 2.33. The Hall–Kier alpha value is -1.09. The zero-order chi connectivity index (χ0) is 14.2. The summed E-state index contributed by atoms with van der Waals surface area (Å²) in [7, 11) is 0. The molecule has 1 unspecified atom stereocenters. The molecule has 100 valence electrons. The van der Waals surface area contributed by atoms with Crippen molar-refractivity contribution in [3.8, 4) is 0 Å². The molecule has 0 heterocycles. The van der Waals surface area contributed by atoms with Crippen molar-refractivity contribution in [2.24, 2.45) is 5.73 Å². The summed E-state index contributed by atoms with van der Waals surface area (Å²) in [6.45, 7) is 3.81. The van der Waals surface area contributed by atoms with Gasteiger partial charge in [0.15, 0.2) is 0 Å². The molecule has 2 rings (SSSR count). The van der Waals surface area contributed by atoms with Crippen molar-refractivity contribution < 1.29 is 4.39 Å². The van der Waals surface area contributed by atoms with Crippen LogP contribution in [0.2, 0.25) is 10.0 Å². The summed E-state index contributed by atoms with van der Waals surface area (Å²) in [5, 5.41) is 1.04. The van der Waals surface area contributed by atoms with Crippen molar-refractivity contribution in [3.05, 3.63) is 68.4 Å². The highest BCUT2D eigenvalue weighted by Crippen LogP contribution is 2.29. The number of rotatable bonds is 2. The van der Waals surface area contributed by atoms with E-state index in [1.54, 1.807) is 12.1 Å². The first kappa shape index (κ1) is 14.3. The fourth-order valence-electron chi connectivity index (χ4n) is 2.06. The Bertz CT molecular complexity index is 626. The van der Waals surface area contributed by atoms with Crippen LogP contribution in [0.4, 0.5) is 4.39 Å². The predicted octanol–water partition coefficient (Wildman–Crippen LogP) is 4.80. The molecule has 4 heteroatoms. The van der Waals surface area contributed by atoms with Gasteiger partial charge < -0.3 is 5.73 Å². The molecule has 2 N–H and O–H groups in total. The van der Waals surface area contributed by atoms with Gasteiger partial charge in [-0.05, 0) is 48.7 Å². The first-order valence-corrected chi connectivity index (χ1v) is 6.63. The van der Waals surface area contributed by atoms with Crippen LogP contribution in [0.15, 0.2) is 30.3 Å². The van der Waals surface area contributed by atoms with Gasteiger partial charge in [0.2, 0.25) is 0 Å². The van der Waals surface area contributed by atoms with Crippen LogP contribution < -0.4 is 5.73 Å². The molecule has 0 aliphatic heterocycles. The third-order valence-electron chi connectivity index (χ3n) is 3.18. The van der Waals surface area contributed by atoms with Gasteiger partial charge in [-0.1, -0.05) is 35.3 Å². The van der Waals surface area contributed by atoms with Crippen LogP contribution in [0, 0.1) is 19.7 Å². The minimum Gasteiger partial charge on any atom is -0.320 e. The number of nitrogens with two attached hydrogens (primary N) is 1. The molecule has 0 aliphatic rings. The summed E-state index contributed by atoms with van der Waals surface area (Å²) in [5.41, 5.74) is 9.32. The first-order chi connectivity index (χ1) is 8.90. The maximum absolute atomic E-state index is 13.9. The molecule has 0 aliphatic carbocycles. The molecule has 0 radical (unpaired) electrons. The normalized spacial score (nSPS) is 12.5. The number of halogens is 3. The maximum Gasteiger partial charge on any atom is 0.129 e. The van der Waals surface area contributed by atoms with Gasteiger partial charge in [0.05, 0.1) is 6.04 Å². The van der Waals surface area contributed by atoms with Crippen LogP contribution in [-0.2, 0) is 0 Å². The third kappa shape index (κ3) is 2.92. The summed E-state index contributed by atoms with van der Waals surface area (Å²) in [5.74, 6) is -0.396. The van der Waals surface area contributed by atoms with E-state index >= 15 is 0 Å². The van der Waals surface area contributed by atoms with Crippen molar-refractivity contribution in [1.29, 1.82) is 0 Å². The summed E-state index contributed by atoms with van der Waals surface area (Å²) in [6, 6.07) is 7.74. The second-order valence-electron chi connectivity index (χ2n) is 4.60. The Labute approximate surface area is 122 Å². The van der Waals surface area contributed by atoms with E-state index in [-0.39, 0.29) is 0 Å². The van der Waals surface area contributed by atoms with Crippen LogP contribution in [0.1, 0.15) is 28.3 Å². The molecule has 0 amide bonds. The number of hydrogen-bond acceptors (Lipinski definition) is 1.